The van der Waals surface area contributed by atoms with Gasteiger partial charge >= 0.3 is 35.5 Å². The summed E-state index contributed by atoms with van der Waals surface area (Å²) in [4.78, 5) is 9.83. The van der Waals surface area contributed by atoms with Crippen molar-refractivity contribution in [1.29, 1.82) is 0 Å². The molecule has 0 unspecified atom stereocenters. The number of carbonyl (C=O) groups is 1. The molecule has 0 bridgehead atoms. The predicted octanol–water partition coefficient (Wildman–Crippen LogP) is -3.77. The van der Waals surface area contributed by atoms with Gasteiger partial charge in [-0.15, -0.1) is 0 Å². The van der Waals surface area contributed by atoms with E-state index < -0.39 is 0 Å². The Morgan fingerprint density at radius 3 is 2.43 bits per heavy atom. The first-order valence-electron chi connectivity index (χ1n) is 1.58. The van der Waals surface area contributed by atoms with Gasteiger partial charge in [0.15, 0.2) is 0 Å². The minimum absolute atomic E-state index is 0. The number of hydrogen-bond donors (Lipinski definition) is 1. The number of ether oxygens (including phenoxy) is 1. The molecule has 3 nitrogen and oxygen atoms in total. The summed E-state index contributed by atoms with van der Waals surface area (Å²) in [5.41, 5.74) is 4.81. The molecule has 7 heavy (non-hydrogen) atoms. The Morgan fingerprint density at radius 1 is 2.00 bits per heavy atom. The molecule has 0 rings (SSSR count). The van der Waals surface area contributed by atoms with Gasteiger partial charge in [0.05, 0.1) is 13.7 Å². The Bertz CT molecular complexity index is 55.2. The van der Waals surface area contributed by atoms with E-state index in [-0.39, 0.29) is 43.5 Å². The van der Waals surface area contributed by atoms with Crippen molar-refractivity contribution < 1.29 is 40.5 Å². The van der Waals surface area contributed by atoms with Crippen LogP contribution in [0.1, 0.15) is 1.43 Å². The summed E-state index contributed by atoms with van der Waals surface area (Å²) in [7, 11) is 1.30. The van der Waals surface area contributed by atoms with Gasteiger partial charge in [-0.3, -0.25) is 4.79 Å². The van der Waals surface area contributed by atoms with Gasteiger partial charge in [0, 0.05) is 0 Å². The van der Waals surface area contributed by atoms with Gasteiger partial charge in [0.1, 0.15) is 0 Å². The minimum Gasteiger partial charge on any atom is -1.00 e. The van der Waals surface area contributed by atoms with E-state index in [1.165, 1.54) is 7.11 Å². The van der Waals surface area contributed by atoms with Crippen molar-refractivity contribution in [3.63, 3.8) is 0 Å². The summed E-state index contributed by atoms with van der Waals surface area (Å²) in [6, 6.07) is 0. The van der Waals surface area contributed by atoms with Crippen molar-refractivity contribution >= 4 is 5.97 Å². The van der Waals surface area contributed by atoms with Gasteiger partial charge in [-0.2, -0.15) is 0 Å². The Labute approximate surface area is 66.0 Å². The van der Waals surface area contributed by atoms with Crippen molar-refractivity contribution in [2.24, 2.45) is 5.73 Å². The molecule has 2 N–H and O–H groups in total. The molecule has 0 aromatic carbocycles. The van der Waals surface area contributed by atoms with E-state index in [1.807, 2.05) is 0 Å². The fourth-order valence-corrected chi connectivity index (χ4v) is 0.0833. The van der Waals surface area contributed by atoms with Crippen LogP contribution in [0, 0.1) is 0 Å². The molecule has 0 fully saturated rings. The van der Waals surface area contributed by atoms with E-state index in [4.69, 9.17) is 5.73 Å². The van der Waals surface area contributed by atoms with Crippen molar-refractivity contribution in [2.45, 2.75) is 0 Å². The molecule has 0 amide bonds. The van der Waals surface area contributed by atoms with Crippen LogP contribution >= 0.6 is 0 Å². The molecule has 0 aliphatic rings. The smallest absolute Gasteiger partial charge is 1.00 e. The maximum atomic E-state index is 9.83. The summed E-state index contributed by atoms with van der Waals surface area (Å²) in [6.07, 6.45) is 0. The molecule has 0 saturated heterocycles. The normalized spacial score (nSPS) is 6.57. The molecular weight excluding hydrogens is 105 g/mol. The molecule has 4 heteroatoms. The molecule has 0 aromatic rings. The first-order valence-corrected chi connectivity index (χ1v) is 1.58. The zero-order valence-corrected chi connectivity index (χ0v) is 6.60. The first-order chi connectivity index (χ1) is 2.81. The third kappa shape index (κ3) is 6.43. The Hall–Kier alpha value is 0.430. The average molecular weight is 113 g/mol. The minimum atomic E-state index is -0.380. The second kappa shape index (κ2) is 6.43. The summed E-state index contributed by atoms with van der Waals surface area (Å²) in [5, 5.41) is 0. The van der Waals surface area contributed by atoms with Crippen LogP contribution in [0.3, 0.4) is 0 Å². The summed E-state index contributed by atoms with van der Waals surface area (Å²) in [6.45, 7) is -0.0312. The number of rotatable bonds is 1. The Kier molecular flexibility index (Phi) is 9.57. The number of nitrogens with two attached hydrogens (primary N) is 1. The fourth-order valence-electron chi connectivity index (χ4n) is 0.0833. The third-order valence-corrected chi connectivity index (χ3v) is 0.394. The van der Waals surface area contributed by atoms with Crippen LogP contribution in [0.15, 0.2) is 0 Å². The Morgan fingerprint density at radius 2 is 2.43 bits per heavy atom. The van der Waals surface area contributed by atoms with Gasteiger partial charge < -0.3 is 11.9 Å². The van der Waals surface area contributed by atoms with Crippen LogP contribution in [0.4, 0.5) is 0 Å². The number of methoxy groups -OCH3 is 1. The molecule has 0 atom stereocenters. The quantitative estimate of drug-likeness (QED) is 0.280. The maximum absolute atomic E-state index is 9.83. The van der Waals surface area contributed by atoms with Crippen LogP contribution in [0.25, 0.3) is 0 Å². The van der Waals surface area contributed by atoms with Gasteiger partial charge in [0.2, 0.25) is 0 Å². The monoisotopic (exact) mass is 113 g/mol. The standard InChI is InChI=1S/C3H7NO2.Na.H/c1-6-3(5)2-4;;/h2,4H2,1H3;;/q;+1;-1. The number of carbonyl (C=O) groups excluding carboxylic acids is 1. The van der Waals surface area contributed by atoms with Crippen LogP contribution in [0.2, 0.25) is 0 Å². The van der Waals surface area contributed by atoms with Gasteiger partial charge in [-0.25, -0.2) is 0 Å². The molecule has 0 saturated carbocycles. The largest absolute Gasteiger partial charge is 1.00 e. The van der Waals surface area contributed by atoms with Gasteiger partial charge in [-0.05, 0) is 0 Å². The molecule has 0 aliphatic carbocycles. The van der Waals surface area contributed by atoms with Crippen molar-refractivity contribution in [2.75, 3.05) is 13.7 Å². The summed E-state index contributed by atoms with van der Waals surface area (Å²) < 4.78 is 4.14. The van der Waals surface area contributed by atoms with E-state index in [0.29, 0.717) is 0 Å². The zero-order valence-electron chi connectivity index (χ0n) is 5.60. The maximum Gasteiger partial charge on any atom is 1.00 e. The molecule has 0 aromatic heterocycles. The molecule has 0 spiro atoms. The first kappa shape index (κ1) is 10.4. The van der Waals surface area contributed by atoms with Crippen molar-refractivity contribution in [3.8, 4) is 0 Å². The van der Waals surface area contributed by atoms with E-state index in [1.54, 1.807) is 0 Å². The van der Waals surface area contributed by atoms with Crippen LogP contribution in [-0.4, -0.2) is 19.6 Å². The van der Waals surface area contributed by atoms with Gasteiger partial charge in [-0.1, -0.05) is 0 Å². The molecule has 0 aliphatic heterocycles. The van der Waals surface area contributed by atoms with Crippen LogP contribution in [0.5, 0.6) is 0 Å². The van der Waals surface area contributed by atoms with Crippen molar-refractivity contribution in [3.05, 3.63) is 0 Å². The van der Waals surface area contributed by atoms with Crippen LogP contribution in [-0.2, 0) is 9.53 Å². The van der Waals surface area contributed by atoms with E-state index in [2.05, 4.69) is 4.74 Å². The van der Waals surface area contributed by atoms with Crippen LogP contribution < -0.4 is 35.3 Å². The molecule has 0 radical (unpaired) electrons. The second-order valence-corrected chi connectivity index (χ2v) is 0.780. The predicted molar refractivity (Wildman–Crippen MR) is 22.2 cm³/mol. The number of esters is 1. The molecule has 0 heterocycles. The average Bonchev–Trinajstić information content (AvgIpc) is 1.65. The Balaban J connectivity index is -0.000000125. The topological polar surface area (TPSA) is 52.3 Å². The summed E-state index contributed by atoms with van der Waals surface area (Å²) >= 11 is 0. The number of hydrogen-bond acceptors (Lipinski definition) is 3. The SMILES string of the molecule is COC(=O)CN.[H-].[Na+]. The molecular formula is C3H8NNaO2. The van der Waals surface area contributed by atoms with Crippen molar-refractivity contribution in [1.82, 2.24) is 0 Å². The van der Waals surface area contributed by atoms with E-state index >= 15 is 0 Å². The summed E-state index contributed by atoms with van der Waals surface area (Å²) in [5.74, 6) is -0.380. The second-order valence-electron chi connectivity index (χ2n) is 0.780. The third-order valence-electron chi connectivity index (χ3n) is 0.394. The van der Waals surface area contributed by atoms with E-state index in [9.17, 15) is 4.79 Å². The van der Waals surface area contributed by atoms with E-state index in [0.717, 1.165) is 0 Å². The zero-order chi connectivity index (χ0) is 4.99. The molecule has 38 valence electrons. The van der Waals surface area contributed by atoms with Gasteiger partial charge in [0.25, 0.3) is 0 Å². The fraction of sp³-hybridized carbons (Fsp3) is 0.667.